The Kier molecular flexibility index (Phi) is 6.77. The van der Waals surface area contributed by atoms with Crippen molar-refractivity contribution in [1.82, 2.24) is 4.90 Å². The van der Waals surface area contributed by atoms with Crippen molar-refractivity contribution >= 4 is 51.7 Å². The number of carbonyl (C=O) groups is 1. The van der Waals surface area contributed by atoms with Crippen LogP contribution in [0.5, 0.6) is 0 Å². The highest BCUT2D eigenvalue weighted by Gasteiger charge is 2.39. The quantitative estimate of drug-likeness (QED) is 0.396. The molecule has 0 saturated carbocycles. The number of hydrogen-bond donors (Lipinski definition) is 1. The van der Waals surface area contributed by atoms with E-state index in [2.05, 4.69) is 41.4 Å². The zero-order valence-electron chi connectivity index (χ0n) is 20.3. The molecule has 3 aromatic carbocycles. The molecule has 0 spiro atoms. The molecule has 3 aromatic rings. The minimum atomic E-state index is -0.0643. The molecule has 180 valence electrons. The van der Waals surface area contributed by atoms with Crippen LogP contribution in [0, 0.1) is 18.3 Å². The molecule has 0 aliphatic carbocycles. The van der Waals surface area contributed by atoms with Gasteiger partial charge in [-0.2, -0.15) is 5.26 Å². The number of carbonyl (C=O) groups excluding carboxylic acids is 1. The van der Waals surface area contributed by atoms with Crippen LogP contribution in [0.3, 0.4) is 0 Å². The molecule has 0 radical (unpaired) electrons. The normalized spacial score (nSPS) is 18.1. The second-order valence-electron chi connectivity index (χ2n) is 8.45. The first kappa shape index (κ1) is 24.0. The number of hydrogen-bond acceptors (Lipinski definition) is 7. The van der Waals surface area contributed by atoms with Crippen LogP contribution in [-0.2, 0) is 11.3 Å². The maximum absolute atomic E-state index is 13.9. The van der Waals surface area contributed by atoms with E-state index in [0.29, 0.717) is 27.9 Å². The molecular formula is C28H25N5OS2. The van der Waals surface area contributed by atoms with E-state index in [9.17, 15) is 10.1 Å². The van der Waals surface area contributed by atoms with Crippen molar-refractivity contribution in [2.24, 2.45) is 4.99 Å². The second kappa shape index (κ2) is 10.1. The lowest BCUT2D eigenvalue weighted by Crippen LogP contribution is -2.29. The Morgan fingerprint density at radius 1 is 1.06 bits per heavy atom. The number of rotatable bonds is 5. The largest absolute Gasteiger partial charge is 0.384 e. The topological polar surface area (TPSA) is 71.7 Å². The second-order valence-corrected chi connectivity index (χ2v) is 10.5. The molecule has 2 heterocycles. The highest BCUT2D eigenvalue weighted by atomic mass is 32.2. The van der Waals surface area contributed by atoms with Crippen molar-refractivity contribution in [3.63, 3.8) is 0 Å². The molecule has 0 atom stereocenters. The standard InChI is InChI=1S/C28H25N5OS2/c1-4-30-21-14-13-19(16-29)15-22(21)31-28-33(17-20-10-6-5-9-18(20)2)26(34)25(36-28)27-32(3)23-11-7-8-12-24(23)35-27/h5-15,30H,4,17H2,1-3H3. The molecular weight excluding hydrogens is 486 g/mol. The minimum absolute atomic E-state index is 0.0643. The van der Waals surface area contributed by atoms with Crippen LogP contribution in [0.25, 0.3) is 0 Å². The average Bonchev–Trinajstić information content (AvgIpc) is 3.38. The van der Waals surface area contributed by atoms with Crippen LogP contribution >= 0.6 is 23.5 Å². The summed E-state index contributed by atoms with van der Waals surface area (Å²) in [5.41, 5.74) is 5.27. The van der Waals surface area contributed by atoms with Gasteiger partial charge in [-0.25, -0.2) is 4.99 Å². The first-order chi connectivity index (χ1) is 17.5. The third-order valence-electron chi connectivity index (χ3n) is 6.10. The number of nitrogens with one attached hydrogen (secondary N) is 1. The van der Waals surface area contributed by atoms with E-state index in [4.69, 9.17) is 4.99 Å². The van der Waals surface area contributed by atoms with Gasteiger partial charge in [0.25, 0.3) is 5.91 Å². The molecule has 5 rings (SSSR count). The van der Waals surface area contributed by atoms with E-state index >= 15 is 0 Å². The zero-order valence-corrected chi connectivity index (χ0v) is 21.9. The van der Waals surface area contributed by atoms with Gasteiger partial charge in [0.05, 0.1) is 40.3 Å². The van der Waals surface area contributed by atoms with E-state index in [1.54, 1.807) is 28.8 Å². The van der Waals surface area contributed by atoms with Gasteiger partial charge in [-0.1, -0.05) is 48.2 Å². The Labute approximate surface area is 219 Å². The van der Waals surface area contributed by atoms with Crippen molar-refractivity contribution in [2.75, 3.05) is 23.8 Å². The lowest BCUT2D eigenvalue weighted by atomic mass is 10.1. The van der Waals surface area contributed by atoms with Crippen LogP contribution in [0.4, 0.5) is 17.1 Å². The first-order valence-electron chi connectivity index (χ1n) is 11.7. The Morgan fingerprint density at radius 3 is 2.58 bits per heavy atom. The van der Waals surface area contributed by atoms with E-state index in [1.165, 1.54) is 11.8 Å². The fourth-order valence-electron chi connectivity index (χ4n) is 4.15. The summed E-state index contributed by atoms with van der Waals surface area (Å²) in [6.07, 6.45) is 0. The first-order valence-corrected chi connectivity index (χ1v) is 13.3. The van der Waals surface area contributed by atoms with Gasteiger partial charge in [-0.05, 0) is 67.1 Å². The summed E-state index contributed by atoms with van der Waals surface area (Å²) in [6, 6.07) is 23.8. The van der Waals surface area contributed by atoms with E-state index in [-0.39, 0.29) is 5.91 Å². The van der Waals surface area contributed by atoms with Crippen LogP contribution in [-0.4, -0.2) is 29.6 Å². The van der Waals surface area contributed by atoms with Gasteiger partial charge < -0.3 is 10.2 Å². The Balaban J connectivity index is 1.61. The Hall–Kier alpha value is -3.67. The predicted octanol–water partition coefficient (Wildman–Crippen LogP) is 6.47. The fourth-order valence-corrected chi connectivity index (χ4v) is 6.49. The van der Waals surface area contributed by atoms with Gasteiger partial charge in [-0.3, -0.25) is 9.69 Å². The number of amidine groups is 1. The van der Waals surface area contributed by atoms with Crippen LogP contribution in [0.1, 0.15) is 23.6 Å². The number of nitriles is 1. The molecule has 0 bridgehead atoms. The monoisotopic (exact) mass is 511 g/mol. The number of para-hydroxylation sites is 1. The number of fused-ring (bicyclic) bond motifs is 1. The number of aryl methyl sites for hydroxylation is 1. The fraction of sp³-hybridized carbons (Fsp3) is 0.179. The van der Waals surface area contributed by atoms with Gasteiger partial charge in [0, 0.05) is 18.5 Å². The Morgan fingerprint density at radius 2 is 1.83 bits per heavy atom. The van der Waals surface area contributed by atoms with Crippen molar-refractivity contribution in [1.29, 1.82) is 5.26 Å². The summed E-state index contributed by atoms with van der Waals surface area (Å²) in [5, 5.41) is 14.3. The van der Waals surface area contributed by atoms with Crippen LogP contribution < -0.4 is 10.2 Å². The average molecular weight is 512 g/mol. The van der Waals surface area contributed by atoms with Crippen molar-refractivity contribution < 1.29 is 4.79 Å². The minimum Gasteiger partial charge on any atom is -0.384 e. The van der Waals surface area contributed by atoms with Crippen LogP contribution in [0.2, 0.25) is 0 Å². The van der Waals surface area contributed by atoms with Gasteiger partial charge in [0.1, 0.15) is 4.91 Å². The summed E-state index contributed by atoms with van der Waals surface area (Å²) >= 11 is 3.00. The molecule has 2 aliphatic rings. The number of anilines is 2. The lowest BCUT2D eigenvalue weighted by molar-refractivity contribution is -0.122. The molecule has 6 nitrogen and oxygen atoms in total. The van der Waals surface area contributed by atoms with Crippen molar-refractivity contribution in [3.05, 3.63) is 93.4 Å². The zero-order chi connectivity index (χ0) is 25.2. The summed E-state index contributed by atoms with van der Waals surface area (Å²) in [5.74, 6) is -0.0643. The highest BCUT2D eigenvalue weighted by molar-refractivity contribution is 8.19. The van der Waals surface area contributed by atoms with Gasteiger partial charge in [0.2, 0.25) is 0 Å². The number of aliphatic imine (C=N–C) groups is 1. The molecule has 36 heavy (non-hydrogen) atoms. The molecule has 1 N–H and O–H groups in total. The summed E-state index contributed by atoms with van der Waals surface area (Å²) < 4.78 is 0. The van der Waals surface area contributed by atoms with Crippen molar-refractivity contribution in [2.45, 2.75) is 25.3 Å². The van der Waals surface area contributed by atoms with Crippen molar-refractivity contribution in [3.8, 4) is 6.07 Å². The third-order valence-corrected chi connectivity index (χ3v) is 8.53. The van der Waals surface area contributed by atoms with Gasteiger partial charge in [-0.15, -0.1) is 0 Å². The Bertz CT molecular complexity index is 1460. The number of nitrogens with zero attached hydrogens (tertiary/aromatic N) is 4. The van der Waals surface area contributed by atoms with Gasteiger partial charge >= 0.3 is 0 Å². The van der Waals surface area contributed by atoms with Crippen LogP contribution in [0.15, 0.2) is 86.6 Å². The maximum Gasteiger partial charge on any atom is 0.269 e. The van der Waals surface area contributed by atoms with E-state index < -0.39 is 0 Å². The molecule has 2 aliphatic heterocycles. The lowest BCUT2D eigenvalue weighted by Gasteiger charge is -2.18. The molecule has 1 saturated heterocycles. The summed E-state index contributed by atoms with van der Waals surface area (Å²) in [4.78, 5) is 24.5. The molecule has 1 amide bonds. The van der Waals surface area contributed by atoms with E-state index in [1.807, 2.05) is 50.4 Å². The molecule has 0 aromatic heterocycles. The van der Waals surface area contributed by atoms with Gasteiger partial charge in [0.15, 0.2) is 5.17 Å². The molecule has 8 heteroatoms. The highest BCUT2D eigenvalue weighted by Crippen LogP contribution is 2.50. The SMILES string of the molecule is CCNc1ccc(C#N)cc1N=C1SC(=C2Sc3ccccc3N2C)C(=O)N1Cc1ccccc1C. The maximum atomic E-state index is 13.9. The number of benzene rings is 3. The van der Waals surface area contributed by atoms with E-state index in [0.717, 1.165) is 39.0 Å². The predicted molar refractivity (Wildman–Crippen MR) is 149 cm³/mol. The summed E-state index contributed by atoms with van der Waals surface area (Å²) in [6.45, 7) is 5.21. The number of thioether (sulfide) groups is 2. The smallest absolute Gasteiger partial charge is 0.269 e. The molecule has 1 fully saturated rings. The number of amides is 1. The molecule has 0 unspecified atom stereocenters. The third kappa shape index (κ3) is 4.48. The summed E-state index contributed by atoms with van der Waals surface area (Å²) in [7, 11) is 2.00.